The zero-order valence-corrected chi connectivity index (χ0v) is 16.2. The fourth-order valence-electron chi connectivity index (χ4n) is 3.43. The van der Waals surface area contributed by atoms with Crippen LogP contribution in [0, 0.1) is 0 Å². The highest BCUT2D eigenvalue weighted by atomic mass is 32.1. The molecule has 2 heterocycles. The summed E-state index contributed by atoms with van der Waals surface area (Å²) in [4.78, 5) is 5.40. The molecule has 0 bridgehead atoms. The first-order chi connectivity index (χ1) is 12.3. The lowest BCUT2D eigenvalue weighted by atomic mass is 10.0. The Morgan fingerprint density at radius 3 is 2.72 bits per heavy atom. The van der Waals surface area contributed by atoms with Crippen LogP contribution in [0.1, 0.15) is 34.7 Å². The van der Waals surface area contributed by atoms with Gasteiger partial charge in [-0.15, -0.1) is 11.3 Å². The second-order valence-corrected chi connectivity index (χ2v) is 7.51. The Morgan fingerprint density at radius 1 is 1.12 bits per heavy atom. The first-order valence-electron chi connectivity index (χ1n) is 9.02. The molecule has 1 saturated heterocycles. The van der Waals surface area contributed by atoms with Crippen LogP contribution in [0.15, 0.2) is 30.3 Å². The van der Waals surface area contributed by atoms with Gasteiger partial charge in [-0.1, -0.05) is 6.92 Å². The van der Waals surface area contributed by atoms with E-state index in [9.17, 15) is 0 Å². The van der Waals surface area contributed by atoms with Crippen molar-refractivity contribution in [2.75, 3.05) is 40.4 Å². The topological polar surface area (TPSA) is 33.7 Å². The Morgan fingerprint density at radius 2 is 2.00 bits per heavy atom. The lowest BCUT2D eigenvalue weighted by molar-refractivity contribution is 0.239. The van der Waals surface area contributed by atoms with E-state index in [0.717, 1.165) is 44.1 Å². The van der Waals surface area contributed by atoms with Gasteiger partial charge in [0.25, 0.3) is 0 Å². The molecule has 25 heavy (non-hydrogen) atoms. The van der Waals surface area contributed by atoms with E-state index >= 15 is 0 Å². The minimum Gasteiger partial charge on any atom is -0.497 e. The molecule has 4 nitrogen and oxygen atoms in total. The average molecular weight is 361 g/mol. The highest BCUT2D eigenvalue weighted by molar-refractivity contribution is 7.12. The Kier molecular flexibility index (Phi) is 6.34. The molecule has 0 amide bonds. The lowest BCUT2D eigenvalue weighted by Crippen LogP contribution is -2.32. The van der Waals surface area contributed by atoms with Gasteiger partial charge < -0.3 is 14.8 Å². The molecule has 1 aliphatic heterocycles. The van der Waals surface area contributed by atoms with Crippen LogP contribution in [0.4, 0.5) is 0 Å². The summed E-state index contributed by atoms with van der Waals surface area (Å²) in [5.41, 5.74) is 1.22. The molecule has 1 aliphatic rings. The lowest BCUT2D eigenvalue weighted by Gasteiger charge is -2.31. The Balaban J connectivity index is 2.03. The van der Waals surface area contributed by atoms with E-state index in [-0.39, 0.29) is 6.04 Å². The van der Waals surface area contributed by atoms with Gasteiger partial charge in [-0.05, 0) is 43.7 Å². The Hall–Kier alpha value is -1.56. The van der Waals surface area contributed by atoms with Gasteiger partial charge in [0.2, 0.25) is 0 Å². The third-order valence-corrected chi connectivity index (χ3v) is 6.06. The van der Waals surface area contributed by atoms with E-state index in [4.69, 9.17) is 9.47 Å². The second kappa shape index (κ2) is 8.70. The van der Waals surface area contributed by atoms with E-state index in [1.165, 1.54) is 21.7 Å². The number of methoxy groups -OCH3 is 2. The first kappa shape index (κ1) is 18.2. The predicted octanol–water partition coefficient (Wildman–Crippen LogP) is 3.71. The maximum atomic E-state index is 5.73. The predicted molar refractivity (Wildman–Crippen MR) is 104 cm³/mol. The molecular weight excluding hydrogens is 332 g/mol. The van der Waals surface area contributed by atoms with E-state index in [1.807, 2.05) is 23.5 Å². The normalized spacial score (nSPS) is 17.1. The van der Waals surface area contributed by atoms with E-state index < -0.39 is 0 Å². The van der Waals surface area contributed by atoms with E-state index in [2.05, 4.69) is 35.3 Å². The molecule has 1 aromatic carbocycles. The molecule has 0 radical (unpaired) electrons. The second-order valence-electron chi connectivity index (χ2n) is 6.31. The fraction of sp³-hybridized carbons (Fsp3) is 0.500. The van der Waals surface area contributed by atoms with E-state index in [0.29, 0.717) is 0 Å². The van der Waals surface area contributed by atoms with Crippen molar-refractivity contribution in [3.63, 3.8) is 0 Å². The van der Waals surface area contributed by atoms with Gasteiger partial charge >= 0.3 is 0 Å². The standard InChI is InChI=1S/C20H28N2O2S/c1-4-16-7-9-19(25-16)20(22-12-5-10-21-11-13-22)17-8-6-15(23-2)14-18(17)24-3/h6-9,14,20-21H,4-5,10-13H2,1-3H3. The molecular formula is C20H28N2O2S. The van der Waals surface area contributed by atoms with Gasteiger partial charge in [-0.25, -0.2) is 0 Å². The summed E-state index contributed by atoms with van der Waals surface area (Å²) in [6, 6.07) is 11.0. The van der Waals surface area contributed by atoms with Crippen molar-refractivity contribution >= 4 is 11.3 Å². The third-order valence-electron chi connectivity index (χ3n) is 4.78. The van der Waals surface area contributed by atoms with Crippen LogP contribution >= 0.6 is 11.3 Å². The van der Waals surface area contributed by atoms with Crippen molar-refractivity contribution < 1.29 is 9.47 Å². The maximum Gasteiger partial charge on any atom is 0.127 e. The van der Waals surface area contributed by atoms with Crippen LogP contribution < -0.4 is 14.8 Å². The zero-order valence-electron chi connectivity index (χ0n) is 15.4. The number of aryl methyl sites for hydroxylation is 1. The first-order valence-corrected chi connectivity index (χ1v) is 9.83. The molecule has 0 spiro atoms. The molecule has 2 aromatic rings. The number of thiophene rings is 1. The summed E-state index contributed by atoms with van der Waals surface area (Å²) in [5.74, 6) is 1.73. The molecule has 1 unspecified atom stereocenters. The molecule has 3 rings (SSSR count). The van der Waals surface area contributed by atoms with Gasteiger partial charge in [0, 0.05) is 41.0 Å². The highest BCUT2D eigenvalue weighted by Gasteiger charge is 2.27. The smallest absolute Gasteiger partial charge is 0.127 e. The van der Waals surface area contributed by atoms with Crippen LogP contribution in [-0.4, -0.2) is 45.3 Å². The van der Waals surface area contributed by atoms with Gasteiger partial charge in [-0.2, -0.15) is 0 Å². The number of nitrogens with zero attached hydrogens (tertiary/aromatic N) is 1. The molecule has 1 aromatic heterocycles. The summed E-state index contributed by atoms with van der Waals surface area (Å²) >= 11 is 1.92. The number of nitrogens with one attached hydrogen (secondary N) is 1. The molecule has 1 N–H and O–H groups in total. The van der Waals surface area contributed by atoms with Crippen molar-refractivity contribution in [2.45, 2.75) is 25.8 Å². The number of hydrogen-bond donors (Lipinski definition) is 1. The SMILES string of the molecule is CCc1ccc(C(c2ccc(OC)cc2OC)N2CCCNCC2)s1. The monoisotopic (exact) mass is 360 g/mol. The van der Waals surface area contributed by atoms with Crippen molar-refractivity contribution in [3.05, 3.63) is 45.6 Å². The Labute approximate surface area is 154 Å². The minimum atomic E-state index is 0.228. The number of ether oxygens (including phenoxy) is 2. The van der Waals surface area contributed by atoms with Crippen molar-refractivity contribution in [2.24, 2.45) is 0 Å². The molecule has 0 saturated carbocycles. The summed E-state index contributed by atoms with van der Waals surface area (Å²) in [6.07, 6.45) is 2.25. The molecule has 1 fully saturated rings. The number of hydrogen-bond acceptors (Lipinski definition) is 5. The number of benzene rings is 1. The maximum absolute atomic E-state index is 5.73. The van der Waals surface area contributed by atoms with Crippen molar-refractivity contribution in [3.8, 4) is 11.5 Å². The number of rotatable bonds is 6. The summed E-state index contributed by atoms with van der Waals surface area (Å²) < 4.78 is 11.1. The van der Waals surface area contributed by atoms with Crippen molar-refractivity contribution in [1.29, 1.82) is 0 Å². The van der Waals surface area contributed by atoms with Crippen LogP contribution in [0.25, 0.3) is 0 Å². The highest BCUT2D eigenvalue weighted by Crippen LogP contribution is 2.39. The Bertz CT molecular complexity index is 678. The van der Waals surface area contributed by atoms with Gasteiger partial charge in [0.1, 0.15) is 11.5 Å². The third kappa shape index (κ3) is 4.17. The van der Waals surface area contributed by atoms with Gasteiger partial charge in [0.05, 0.1) is 20.3 Å². The van der Waals surface area contributed by atoms with Crippen LogP contribution in [0.3, 0.4) is 0 Å². The largest absolute Gasteiger partial charge is 0.497 e. The van der Waals surface area contributed by atoms with Crippen molar-refractivity contribution in [1.82, 2.24) is 10.2 Å². The molecule has 0 aliphatic carbocycles. The van der Waals surface area contributed by atoms with Gasteiger partial charge in [-0.3, -0.25) is 4.90 Å². The molecule has 5 heteroatoms. The van der Waals surface area contributed by atoms with Gasteiger partial charge in [0.15, 0.2) is 0 Å². The van der Waals surface area contributed by atoms with Crippen LogP contribution in [0.5, 0.6) is 11.5 Å². The average Bonchev–Trinajstić information content (AvgIpc) is 2.97. The zero-order chi connectivity index (χ0) is 17.6. The summed E-state index contributed by atoms with van der Waals surface area (Å²) in [6.45, 7) is 6.47. The van der Waals surface area contributed by atoms with Crippen LogP contribution in [0.2, 0.25) is 0 Å². The van der Waals surface area contributed by atoms with Crippen LogP contribution in [-0.2, 0) is 6.42 Å². The molecule has 136 valence electrons. The molecule has 1 atom stereocenters. The minimum absolute atomic E-state index is 0.228. The quantitative estimate of drug-likeness (QED) is 0.851. The summed E-state index contributed by atoms with van der Waals surface area (Å²) in [5, 5.41) is 3.51. The fourth-order valence-corrected chi connectivity index (χ4v) is 4.54. The van der Waals surface area contributed by atoms with E-state index in [1.54, 1.807) is 14.2 Å². The summed E-state index contributed by atoms with van der Waals surface area (Å²) in [7, 11) is 3.43.